The summed E-state index contributed by atoms with van der Waals surface area (Å²) >= 11 is 0. The number of carbonyl (C=O) groups is 2. The monoisotopic (exact) mass is 248 g/mol. The van der Waals surface area contributed by atoms with Crippen molar-refractivity contribution >= 4 is 11.8 Å². The summed E-state index contributed by atoms with van der Waals surface area (Å²) in [5.41, 5.74) is 0.918. The number of carbonyl (C=O) groups excluding carboxylic acids is 2. The van der Waals surface area contributed by atoms with Gasteiger partial charge in [0.05, 0.1) is 19.1 Å². The van der Waals surface area contributed by atoms with Gasteiger partial charge in [0.2, 0.25) is 11.8 Å². The fourth-order valence-electron chi connectivity index (χ4n) is 1.79. The van der Waals surface area contributed by atoms with Crippen LogP contribution in [0.2, 0.25) is 0 Å². The zero-order valence-corrected chi connectivity index (χ0v) is 10.0. The van der Waals surface area contributed by atoms with Crippen molar-refractivity contribution in [3.8, 4) is 0 Å². The van der Waals surface area contributed by atoms with E-state index in [4.69, 9.17) is 5.11 Å². The van der Waals surface area contributed by atoms with Gasteiger partial charge in [0, 0.05) is 13.1 Å². The van der Waals surface area contributed by atoms with E-state index in [2.05, 4.69) is 5.32 Å². The number of aliphatic hydroxyl groups is 1. The Kier molecular flexibility index (Phi) is 3.94. The first-order chi connectivity index (χ1) is 8.65. The SMILES string of the molecule is O=C(Cc1ccccc1)NCC(=O)N1CC(O)C1. The molecule has 0 spiro atoms. The Balaban J connectivity index is 1.70. The number of hydrogen-bond donors (Lipinski definition) is 2. The van der Waals surface area contributed by atoms with Crippen molar-refractivity contribution in [2.75, 3.05) is 19.6 Å². The van der Waals surface area contributed by atoms with E-state index in [-0.39, 0.29) is 24.8 Å². The number of nitrogens with zero attached hydrogens (tertiary/aromatic N) is 1. The lowest BCUT2D eigenvalue weighted by atomic mass is 10.1. The maximum absolute atomic E-state index is 11.6. The van der Waals surface area contributed by atoms with Crippen LogP contribution in [0, 0.1) is 0 Å². The Hall–Kier alpha value is -1.88. The first-order valence-corrected chi connectivity index (χ1v) is 5.91. The summed E-state index contributed by atoms with van der Waals surface area (Å²) in [6.45, 7) is 0.735. The van der Waals surface area contributed by atoms with Crippen molar-refractivity contribution in [3.63, 3.8) is 0 Å². The summed E-state index contributed by atoms with van der Waals surface area (Å²) in [6.07, 6.45) is -0.134. The van der Waals surface area contributed by atoms with Gasteiger partial charge >= 0.3 is 0 Å². The predicted octanol–water partition coefficient (Wildman–Crippen LogP) is -0.452. The Labute approximate surface area is 105 Å². The van der Waals surface area contributed by atoms with Gasteiger partial charge in [0.25, 0.3) is 0 Å². The van der Waals surface area contributed by atoms with E-state index in [1.54, 1.807) is 0 Å². The highest BCUT2D eigenvalue weighted by Gasteiger charge is 2.28. The zero-order valence-electron chi connectivity index (χ0n) is 10.0. The summed E-state index contributed by atoms with van der Waals surface area (Å²) in [7, 11) is 0. The molecule has 1 aliphatic heterocycles. The fourth-order valence-corrected chi connectivity index (χ4v) is 1.79. The predicted molar refractivity (Wildman–Crippen MR) is 65.7 cm³/mol. The van der Waals surface area contributed by atoms with Crippen LogP contribution in [-0.4, -0.2) is 47.6 Å². The fraction of sp³-hybridized carbons (Fsp3) is 0.385. The Bertz CT molecular complexity index is 427. The third-order valence-corrected chi connectivity index (χ3v) is 2.86. The minimum Gasteiger partial charge on any atom is -0.389 e. The number of aliphatic hydroxyl groups excluding tert-OH is 1. The number of rotatable bonds is 4. The molecule has 1 aliphatic rings. The molecule has 1 saturated heterocycles. The van der Waals surface area contributed by atoms with Crippen LogP contribution in [0.25, 0.3) is 0 Å². The Morgan fingerprint density at radius 3 is 2.56 bits per heavy atom. The van der Waals surface area contributed by atoms with Gasteiger partial charge in [-0.2, -0.15) is 0 Å². The number of benzene rings is 1. The van der Waals surface area contributed by atoms with Crippen LogP contribution in [0.15, 0.2) is 30.3 Å². The second-order valence-corrected chi connectivity index (χ2v) is 4.39. The highest BCUT2D eigenvalue weighted by Crippen LogP contribution is 2.06. The summed E-state index contributed by atoms with van der Waals surface area (Å²) in [6, 6.07) is 9.37. The molecule has 0 atom stereocenters. The minimum atomic E-state index is -0.408. The highest BCUT2D eigenvalue weighted by atomic mass is 16.3. The molecule has 0 bridgehead atoms. The zero-order chi connectivity index (χ0) is 13.0. The van der Waals surface area contributed by atoms with Crippen molar-refractivity contribution in [1.29, 1.82) is 0 Å². The first-order valence-electron chi connectivity index (χ1n) is 5.91. The van der Waals surface area contributed by atoms with Crippen LogP contribution >= 0.6 is 0 Å². The summed E-state index contributed by atoms with van der Waals surface area (Å²) < 4.78 is 0. The molecule has 1 aromatic carbocycles. The third-order valence-electron chi connectivity index (χ3n) is 2.86. The molecule has 0 saturated carbocycles. The number of nitrogens with one attached hydrogen (secondary N) is 1. The molecule has 5 nitrogen and oxygen atoms in total. The van der Waals surface area contributed by atoms with Crippen molar-refractivity contribution < 1.29 is 14.7 Å². The number of amides is 2. The quantitative estimate of drug-likeness (QED) is 0.758. The van der Waals surface area contributed by atoms with Crippen LogP contribution in [0.3, 0.4) is 0 Å². The lowest BCUT2D eigenvalue weighted by Gasteiger charge is -2.35. The molecule has 2 rings (SSSR count). The van der Waals surface area contributed by atoms with Crippen molar-refractivity contribution in [2.45, 2.75) is 12.5 Å². The van der Waals surface area contributed by atoms with Crippen molar-refractivity contribution in [1.82, 2.24) is 10.2 Å². The lowest BCUT2D eigenvalue weighted by molar-refractivity contribution is -0.141. The van der Waals surface area contributed by atoms with E-state index in [0.29, 0.717) is 13.1 Å². The molecular formula is C13H16N2O3. The lowest BCUT2D eigenvalue weighted by Crippen LogP contribution is -2.56. The van der Waals surface area contributed by atoms with E-state index in [9.17, 15) is 9.59 Å². The highest BCUT2D eigenvalue weighted by molar-refractivity contribution is 5.86. The topological polar surface area (TPSA) is 69.6 Å². The van der Waals surface area contributed by atoms with Crippen LogP contribution in [-0.2, 0) is 16.0 Å². The van der Waals surface area contributed by atoms with Crippen LogP contribution in [0.1, 0.15) is 5.56 Å². The molecule has 0 radical (unpaired) electrons. The standard InChI is InChI=1S/C13H16N2O3/c16-11-8-15(9-11)13(18)7-14-12(17)6-10-4-2-1-3-5-10/h1-5,11,16H,6-9H2,(H,14,17). The number of likely N-dealkylation sites (tertiary alicyclic amines) is 1. The molecule has 96 valence electrons. The van der Waals surface area contributed by atoms with Gasteiger partial charge in [-0.1, -0.05) is 30.3 Å². The minimum absolute atomic E-state index is 0.00160. The molecule has 0 aromatic heterocycles. The molecule has 1 aromatic rings. The molecule has 1 heterocycles. The molecule has 2 N–H and O–H groups in total. The maximum atomic E-state index is 11.6. The summed E-state index contributed by atoms with van der Waals surface area (Å²) in [4.78, 5) is 24.6. The molecule has 0 aliphatic carbocycles. The van der Waals surface area contributed by atoms with E-state index in [1.807, 2.05) is 30.3 Å². The van der Waals surface area contributed by atoms with E-state index in [0.717, 1.165) is 5.56 Å². The first kappa shape index (κ1) is 12.6. The second kappa shape index (κ2) is 5.64. The van der Waals surface area contributed by atoms with Gasteiger partial charge in [-0.05, 0) is 5.56 Å². The second-order valence-electron chi connectivity index (χ2n) is 4.39. The molecule has 5 heteroatoms. The van der Waals surface area contributed by atoms with Crippen LogP contribution < -0.4 is 5.32 Å². The van der Waals surface area contributed by atoms with Gasteiger partial charge in [0.1, 0.15) is 0 Å². The van der Waals surface area contributed by atoms with E-state index < -0.39 is 6.10 Å². The van der Waals surface area contributed by atoms with Gasteiger partial charge in [-0.15, -0.1) is 0 Å². The van der Waals surface area contributed by atoms with Gasteiger partial charge in [-0.3, -0.25) is 9.59 Å². The average molecular weight is 248 g/mol. The van der Waals surface area contributed by atoms with E-state index >= 15 is 0 Å². The number of hydrogen-bond acceptors (Lipinski definition) is 3. The van der Waals surface area contributed by atoms with Crippen molar-refractivity contribution in [2.24, 2.45) is 0 Å². The molecule has 2 amide bonds. The normalized spacial score (nSPS) is 15.1. The van der Waals surface area contributed by atoms with Gasteiger partial charge in [-0.25, -0.2) is 0 Å². The van der Waals surface area contributed by atoms with Crippen LogP contribution in [0.4, 0.5) is 0 Å². The maximum Gasteiger partial charge on any atom is 0.242 e. The largest absolute Gasteiger partial charge is 0.389 e. The van der Waals surface area contributed by atoms with Crippen molar-refractivity contribution in [3.05, 3.63) is 35.9 Å². The smallest absolute Gasteiger partial charge is 0.242 e. The number of β-amino-alcohol motifs (C(OH)–C–C–N with tert-alkyl or cyclic N) is 1. The summed E-state index contributed by atoms with van der Waals surface area (Å²) in [5, 5.41) is 11.6. The summed E-state index contributed by atoms with van der Waals surface area (Å²) in [5.74, 6) is -0.322. The van der Waals surface area contributed by atoms with Gasteiger partial charge < -0.3 is 15.3 Å². The Morgan fingerprint density at radius 2 is 1.94 bits per heavy atom. The van der Waals surface area contributed by atoms with Gasteiger partial charge in [0.15, 0.2) is 0 Å². The molecule has 18 heavy (non-hydrogen) atoms. The van der Waals surface area contributed by atoms with Crippen LogP contribution in [0.5, 0.6) is 0 Å². The average Bonchev–Trinajstić information content (AvgIpc) is 2.33. The molecular weight excluding hydrogens is 232 g/mol. The molecule has 0 unspecified atom stereocenters. The van der Waals surface area contributed by atoms with E-state index in [1.165, 1.54) is 4.90 Å². The third kappa shape index (κ3) is 3.30. The Morgan fingerprint density at radius 1 is 1.28 bits per heavy atom. The molecule has 1 fully saturated rings.